The topological polar surface area (TPSA) is 108 Å². The molecule has 4 aliphatic rings. The lowest BCUT2D eigenvalue weighted by atomic mass is 9.89. The third kappa shape index (κ3) is 3.65. The maximum absolute atomic E-state index is 15.2. The largest absolute Gasteiger partial charge is 0.311 e. The van der Waals surface area contributed by atoms with E-state index >= 15 is 4.39 Å². The van der Waals surface area contributed by atoms with Crippen LogP contribution in [-0.2, 0) is 16.1 Å². The van der Waals surface area contributed by atoms with E-state index in [1.807, 2.05) is 0 Å². The summed E-state index contributed by atoms with van der Waals surface area (Å²) in [6.45, 7) is 0.621. The van der Waals surface area contributed by atoms with Gasteiger partial charge in [-0.15, -0.1) is 0 Å². The second-order valence-electron chi connectivity index (χ2n) is 9.13. The first-order chi connectivity index (χ1) is 14.8. The number of nitrogens with one attached hydrogen (secondary N) is 3. The zero-order valence-corrected chi connectivity index (χ0v) is 17.1. The molecule has 4 amide bonds. The molecule has 1 aromatic carbocycles. The molecule has 4 heterocycles. The molecule has 9 heteroatoms. The number of alkyl halides is 1. The van der Waals surface area contributed by atoms with E-state index in [4.69, 9.17) is 0 Å². The van der Waals surface area contributed by atoms with Crippen molar-refractivity contribution in [1.82, 2.24) is 20.9 Å². The van der Waals surface area contributed by atoms with Gasteiger partial charge in [-0.1, -0.05) is 6.07 Å². The first-order valence-corrected chi connectivity index (χ1v) is 10.8. The van der Waals surface area contributed by atoms with Gasteiger partial charge < -0.3 is 10.6 Å². The van der Waals surface area contributed by atoms with Crippen molar-refractivity contribution in [1.29, 1.82) is 0 Å². The Balaban J connectivity index is 1.25. The lowest BCUT2D eigenvalue weighted by molar-refractivity contribution is -0.136. The first kappa shape index (κ1) is 20.3. The number of carbonyl (C=O) groups is 4. The summed E-state index contributed by atoms with van der Waals surface area (Å²) < 4.78 is 15.2. The van der Waals surface area contributed by atoms with Crippen LogP contribution in [0.1, 0.15) is 64.8 Å². The zero-order chi connectivity index (χ0) is 21.8. The number of rotatable bonds is 5. The van der Waals surface area contributed by atoms with E-state index in [2.05, 4.69) is 16.0 Å². The Morgan fingerprint density at radius 2 is 1.74 bits per heavy atom. The van der Waals surface area contributed by atoms with Gasteiger partial charge in [-0.3, -0.25) is 29.4 Å². The van der Waals surface area contributed by atoms with Crippen LogP contribution in [0.25, 0.3) is 0 Å². The number of fused-ring (bicyclic) bond motifs is 3. The minimum absolute atomic E-state index is 0.0845. The number of amides is 4. The van der Waals surface area contributed by atoms with Crippen LogP contribution >= 0.6 is 0 Å². The standard InChI is InChI=1S/C22H25FN4O4/c23-22(8-13-2-3-14(9-22)25-13)11-24-10-12-1-4-15-16(7-12)21(31)27(20(15)30)17-5-6-18(28)26-19(17)29/h1,4,7,13-14,17,24-25H,2-3,5-6,8-11H2,(H,26,28,29). The highest BCUT2D eigenvalue weighted by molar-refractivity contribution is 6.23. The van der Waals surface area contributed by atoms with Gasteiger partial charge in [0.15, 0.2) is 0 Å². The number of halogens is 1. The van der Waals surface area contributed by atoms with Gasteiger partial charge in [-0.25, -0.2) is 4.39 Å². The van der Waals surface area contributed by atoms with Crippen molar-refractivity contribution >= 4 is 23.6 Å². The summed E-state index contributed by atoms with van der Waals surface area (Å²) in [5.41, 5.74) is 0.0204. The van der Waals surface area contributed by atoms with Crippen molar-refractivity contribution in [3.63, 3.8) is 0 Å². The SMILES string of the molecule is O=C1CCC(N2C(=O)c3ccc(CNCC4(F)CC5CCC(C4)N5)cc3C2=O)C(=O)N1. The van der Waals surface area contributed by atoms with Crippen LogP contribution in [0, 0.1) is 0 Å². The monoisotopic (exact) mass is 428 g/mol. The molecule has 3 fully saturated rings. The molecule has 0 aromatic heterocycles. The predicted octanol–water partition coefficient (Wildman–Crippen LogP) is 0.800. The van der Waals surface area contributed by atoms with Crippen molar-refractivity contribution in [2.45, 2.75) is 68.9 Å². The molecule has 164 valence electrons. The molecule has 1 aromatic rings. The molecule has 3 atom stereocenters. The summed E-state index contributed by atoms with van der Waals surface area (Å²) in [5, 5.41) is 8.79. The molecule has 3 unspecified atom stereocenters. The molecule has 2 bridgehead atoms. The third-order valence-electron chi connectivity index (χ3n) is 6.83. The Labute approximate surface area is 178 Å². The number of hydrogen-bond acceptors (Lipinski definition) is 6. The Hall–Kier alpha value is -2.65. The molecule has 0 aliphatic carbocycles. The van der Waals surface area contributed by atoms with Crippen LogP contribution < -0.4 is 16.0 Å². The first-order valence-electron chi connectivity index (χ1n) is 10.8. The molecular formula is C22H25FN4O4. The van der Waals surface area contributed by atoms with Gasteiger partial charge in [-0.05, 0) is 49.8 Å². The highest BCUT2D eigenvalue weighted by Crippen LogP contribution is 2.36. The molecule has 3 saturated heterocycles. The van der Waals surface area contributed by atoms with E-state index in [1.165, 1.54) is 0 Å². The summed E-state index contributed by atoms with van der Waals surface area (Å²) in [7, 11) is 0. The second kappa shape index (κ2) is 7.49. The number of piperidine rings is 2. The van der Waals surface area contributed by atoms with Crippen LogP contribution in [0.5, 0.6) is 0 Å². The van der Waals surface area contributed by atoms with Gasteiger partial charge in [0.25, 0.3) is 11.8 Å². The highest BCUT2D eigenvalue weighted by Gasteiger charge is 2.45. The lowest BCUT2D eigenvalue weighted by Gasteiger charge is -2.35. The maximum Gasteiger partial charge on any atom is 0.262 e. The smallest absolute Gasteiger partial charge is 0.262 e. The maximum atomic E-state index is 15.2. The number of hydrogen-bond donors (Lipinski definition) is 3. The molecular weight excluding hydrogens is 403 g/mol. The van der Waals surface area contributed by atoms with Gasteiger partial charge in [0, 0.05) is 31.6 Å². The summed E-state index contributed by atoms with van der Waals surface area (Å²) in [6.07, 6.45) is 3.28. The Morgan fingerprint density at radius 3 is 2.45 bits per heavy atom. The van der Waals surface area contributed by atoms with Crippen LogP contribution in [0.15, 0.2) is 18.2 Å². The minimum Gasteiger partial charge on any atom is -0.311 e. The van der Waals surface area contributed by atoms with Crippen molar-refractivity contribution in [2.24, 2.45) is 0 Å². The van der Waals surface area contributed by atoms with Gasteiger partial charge in [0.2, 0.25) is 11.8 Å². The van der Waals surface area contributed by atoms with Crippen molar-refractivity contribution in [3.05, 3.63) is 34.9 Å². The second-order valence-corrected chi connectivity index (χ2v) is 9.13. The highest BCUT2D eigenvalue weighted by atomic mass is 19.1. The fourth-order valence-electron chi connectivity index (χ4n) is 5.39. The average molecular weight is 428 g/mol. The van der Waals surface area contributed by atoms with Crippen molar-refractivity contribution in [2.75, 3.05) is 6.54 Å². The van der Waals surface area contributed by atoms with Gasteiger partial charge >= 0.3 is 0 Å². The summed E-state index contributed by atoms with van der Waals surface area (Å²) in [5.74, 6) is -2.09. The Kier molecular flexibility index (Phi) is 4.90. The molecule has 3 N–H and O–H groups in total. The summed E-state index contributed by atoms with van der Waals surface area (Å²) in [6, 6.07) is 4.48. The van der Waals surface area contributed by atoms with E-state index < -0.39 is 35.3 Å². The minimum atomic E-state index is -1.23. The molecule has 0 spiro atoms. The van der Waals surface area contributed by atoms with Crippen molar-refractivity contribution in [3.8, 4) is 0 Å². The fraction of sp³-hybridized carbons (Fsp3) is 0.545. The number of imide groups is 2. The molecule has 0 saturated carbocycles. The summed E-state index contributed by atoms with van der Waals surface area (Å²) >= 11 is 0. The van der Waals surface area contributed by atoms with E-state index in [0.29, 0.717) is 19.4 Å². The van der Waals surface area contributed by atoms with E-state index in [-0.39, 0.29) is 42.6 Å². The van der Waals surface area contributed by atoms with Gasteiger partial charge in [-0.2, -0.15) is 0 Å². The van der Waals surface area contributed by atoms with Crippen LogP contribution in [0.2, 0.25) is 0 Å². The van der Waals surface area contributed by atoms with Crippen molar-refractivity contribution < 1.29 is 23.6 Å². The average Bonchev–Trinajstić information content (AvgIpc) is 3.19. The Bertz CT molecular complexity index is 968. The molecule has 0 radical (unpaired) electrons. The Morgan fingerprint density at radius 1 is 1.03 bits per heavy atom. The molecule has 4 aliphatic heterocycles. The normalized spacial score (nSPS) is 32.4. The summed E-state index contributed by atoms with van der Waals surface area (Å²) in [4.78, 5) is 50.1. The lowest BCUT2D eigenvalue weighted by Crippen LogP contribution is -2.54. The van der Waals surface area contributed by atoms with E-state index in [9.17, 15) is 19.2 Å². The number of benzene rings is 1. The van der Waals surface area contributed by atoms with Crippen LogP contribution in [0.4, 0.5) is 4.39 Å². The fourth-order valence-corrected chi connectivity index (χ4v) is 5.39. The predicted molar refractivity (Wildman–Crippen MR) is 108 cm³/mol. The van der Waals surface area contributed by atoms with Crippen LogP contribution in [0.3, 0.4) is 0 Å². The van der Waals surface area contributed by atoms with Gasteiger partial charge in [0.05, 0.1) is 11.1 Å². The molecule has 31 heavy (non-hydrogen) atoms. The van der Waals surface area contributed by atoms with Gasteiger partial charge in [0.1, 0.15) is 11.7 Å². The van der Waals surface area contributed by atoms with Crippen LogP contribution in [-0.4, -0.2) is 58.9 Å². The molecule has 5 rings (SSSR count). The number of carbonyl (C=O) groups excluding carboxylic acids is 4. The number of nitrogens with zero attached hydrogens (tertiary/aromatic N) is 1. The van der Waals surface area contributed by atoms with E-state index in [1.54, 1.807) is 18.2 Å². The zero-order valence-electron chi connectivity index (χ0n) is 17.1. The third-order valence-corrected chi connectivity index (χ3v) is 6.83. The molecule has 8 nitrogen and oxygen atoms in total. The quantitative estimate of drug-likeness (QED) is 0.599. The van der Waals surface area contributed by atoms with E-state index in [0.717, 1.165) is 23.3 Å².